The van der Waals surface area contributed by atoms with E-state index >= 15 is 0 Å². The molecule has 0 radical (unpaired) electrons. The maximum absolute atomic E-state index is 12.8. The van der Waals surface area contributed by atoms with Crippen molar-refractivity contribution in [3.05, 3.63) is 60.7 Å². The maximum Gasteiger partial charge on any atom is 0.269 e. The normalized spacial score (nSPS) is 15.5. The molecular formula is C22H17NO5. The van der Waals surface area contributed by atoms with Crippen molar-refractivity contribution in [2.45, 2.75) is 6.10 Å². The number of para-hydroxylation sites is 3. The van der Waals surface area contributed by atoms with Crippen LogP contribution in [-0.4, -0.2) is 25.7 Å². The smallest absolute Gasteiger partial charge is 0.269 e. The van der Waals surface area contributed by atoms with Crippen LogP contribution < -0.4 is 19.5 Å². The Kier molecular flexibility index (Phi) is 3.83. The Labute approximate surface area is 160 Å². The molecule has 1 aromatic heterocycles. The van der Waals surface area contributed by atoms with Crippen molar-refractivity contribution in [1.29, 1.82) is 0 Å². The fourth-order valence-electron chi connectivity index (χ4n) is 3.38. The summed E-state index contributed by atoms with van der Waals surface area (Å²) < 4.78 is 22.8. The number of methoxy groups -OCH3 is 1. The molecule has 1 unspecified atom stereocenters. The lowest BCUT2D eigenvalue weighted by atomic mass is 10.1. The zero-order valence-corrected chi connectivity index (χ0v) is 15.1. The van der Waals surface area contributed by atoms with Crippen molar-refractivity contribution in [2.24, 2.45) is 0 Å². The summed E-state index contributed by atoms with van der Waals surface area (Å²) in [5, 5.41) is 4.79. The fourth-order valence-corrected chi connectivity index (χ4v) is 3.38. The van der Waals surface area contributed by atoms with Crippen LogP contribution in [-0.2, 0) is 4.79 Å². The summed E-state index contributed by atoms with van der Waals surface area (Å²) in [6.45, 7) is 0.137. The monoisotopic (exact) mass is 375 g/mol. The zero-order valence-electron chi connectivity index (χ0n) is 15.1. The second-order valence-corrected chi connectivity index (χ2v) is 6.50. The van der Waals surface area contributed by atoms with Crippen molar-refractivity contribution in [3.8, 4) is 17.2 Å². The highest BCUT2D eigenvalue weighted by Gasteiger charge is 2.28. The average molecular weight is 375 g/mol. The highest BCUT2D eigenvalue weighted by atomic mass is 16.6. The summed E-state index contributed by atoms with van der Waals surface area (Å²) in [5.41, 5.74) is 1.97. The summed E-state index contributed by atoms with van der Waals surface area (Å²) in [7, 11) is 1.57. The average Bonchev–Trinajstić information content (AvgIpc) is 3.10. The third kappa shape index (κ3) is 2.70. The van der Waals surface area contributed by atoms with Crippen molar-refractivity contribution >= 4 is 33.5 Å². The van der Waals surface area contributed by atoms with Gasteiger partial charge in [0.2, 0.25) is 6.10 Å². The van der Waals surface area contributed by atoms with Gasteiger partial charge in [-0.05, 0) is 24.3 Å². The van der Waals surface area contributed by atoms with Gasteiger partial charge in [0.1, 0.15) is 23.5 Å². The van der Waals surface area contributed by atoms with Crippen LogP contribution in [0.5, 0.6) is 17.2 Å². The molecule has 28 heavy (non-hydrogen) atoms. The molecule has 0 fully saturated rings. The Bertz CT molecular complexity index is 1200. The third-order valence-corrected chi connectivity index (χ3v) is 4.76. The molecule has 6 heteroatoms. The molecule has 1 aliphatic heterocycles. The number of furan rings is 1. The number of benzene rings is 3. The first-order chi connectivity index (χ1) is 13.7. The van der Waals surface area contributed by atoms with Gasteiger partial charge in [-0.15, -0.1) is 0 Å². The zero-order chi connectivity index (χ0) is 19.1. The van der Waals surface area contributed by atoms with Crippen LogP contribution in [0.1, 0.15) is 0 Å². The molecule has 1 aliphatic rings. The van der Waals surface area contributed by atoms with Gasteiger partial charge >= 0.3 is 0 Å². The minimum Gasteiger partial charge on any atom is -0.495 e. The topological polar surface area (TPSA) is 69.9 Å². The Morgan fingerprint density at radius 2 is 1.79 bits per heavy atom. The standard InChI is InChI=1S/C22H17NO5/c1-25-20-10-14-13-6-2-3-7-16(13)27-19(14)11-15(20)23-22(24)21-12-26-17-8-4-5-9-18(17)28-21/h2-11,21H,12H2,1H3,(H,23,24). The number of nitrogens with one attached hydrogen (secondary N) is 1. The van der Waals surface area contributed by atoms with Gasteiger partial charge in [-0.25, -0.2) is 0 Å². The number of carbonyl (C=O) groups is 1. The number of hydrogen-bond donors (Lipinski definition) is 1. The second kappa shape index (κ2) is 6.49. The highest BCUT2D eigenvalue weighted by Crippen LogP contribution is 2.37. The molecule has 2 heterocycles. The van der Waals surface area contributed by atoms with Gasteiger partial charge in [0.25, 0.3) is 5.91 Å². The lowest BCUT2D eigenvalue weighted by Gasteiger charge is -2.25. The molecule has 0 saturated heterocycles. The largest absolute Gasteiger partial charge is 0.495 e. The van der Waals surface area contributed by atoms with Gasteiger partial charge in [0.05, 0.1) is 12.8 Å². The van der Waals surface area contributed by atoms with Crippen LogP contribution in [0, 0.1) is 0 Å². The Morgan fingerprint density at radius 3 is 2.64 bits per heavy atom. The number of rotatable bonds is 3. The van der Waals surface area contributed by atoms with Crippen molar-refractivity contribution in [1.82, 2.24) is 0 Å². The minimum absolute atomic E-state index is 0.137. The van der Waals surface area contributed by atoms with E-state index in [0.29, 0.717) is 28.5 Å². The number of ether oxygens (including phenoxy) is 3. The van der Waals surface area contributed by atoms with Crippen LogP contribution in [0.2, 0.25) is 0 Å². The number of anilines is 1. The third-order valence-electron chi connectivity index (χ3n) is 4.76. The van der Waals surface area contributed by atoms with Crippen molar-refractivity contribution < 1.29 is 23.4 Å². The van der Waals surface area contributed by atoms with Gasteiger partial charge in [-0.2, -0.15) is 0 Å². The van der Waals surface area contributed by atoms with Gasteiger partial charge in [-0.1, -0.05) is 30.3 Å². The van der Waals surface area contributed by atoms with Crippen LogP contribution in [0.25, 0.3) is 21.9 Å². The summed E-state index contributed by atoms with van der Waals surface area (Å²) >= 11 is 0. The Hall–Kier alpha value is -3.67. The Balaban J connectivity index is 1.46. The van der Waals surface area contributed by atoms with E-state index < -0.39 is 6.10 Å². The van der Waals surface area contributed by atoms with E-state index in [1.165, 1.54) is 0 Å². The molecule has 140 valence electrons. The number of amides is 1. The first kappa shape index (κ1) is 16.5. The molecule has 0 bridgehead atoms. The SMILES string of the molecule is COc1cc2c(cc1NC(=O)C1COc3ccccc3O1)oc1ccccc12. The maximum atomic E-state index is 12.8. The van der Waals surface area contributed by atoms with E-state index in [1.54, 1.807) is 19.2 Å². The van der Waals surface area contributed by atoms with Crippen LogP contribution >= 0.6 is 0 Å². The van der Waals surface area contributed by atoms with Crippen LogP contribution in [0.15, 0.2) is 65.1 Å². The van der Waals surface area contributed by atoms with Crippen molar-refractivity contribution in [2.75, 3.05) is 19.0 Å². The van der Waals surface area contributed by atoms with E-state index in [9.17, 15) is 4.79 Å². The second-order valence-electron chi connectivity index (χ2n) is 6.50. The molecule has 4 aromatic rings. The first-order valence-corrected chi connectivity index (χ1v) is 8.91. The molecular weight excluding hydrogens is 358 g/mol. The van der Waals surface area contributed by atoms with Gasteiger partial charge in [0, 0.05) is 16.8 Å². The quantitative estimate of drug-likeness (QED) is 0.576. The van der Waals surface area contributed by atoms with Gasteiger partial charge in [-0.3, -0.25) is 4.79 Å². The lowest BCUT2D eigenvalue weighted by Crippen LogP contribution is -2.40. The van der Waals surface area contributed by atoms with E-state index in [1.807, 2.05) is 48.5 Å². The molecule has 1 atom stereocenters. The van der Waals surface area contributed by atoms with E-state index in [0.717, 1.165) is 16.4 Å². The molecule has 0 saturated carbocycles. The van der Waals surface area contributed by atoms with E-state index in [2.05, 4.69) is 5.32 Å². The molecule has 6 nitrogen and oxygen atoms in total. The molecule has 0 aliphatic carbocycles. The number of fused-ring (bicyclic) bond motifs is 4. The van der Waals surface area contributed by atoms with E-state index in [-0.39, 0.29) is 12.5 Å². The summed E-state index contributed by atoms with van der Waals surface area (Å²) in [5.74, 6) is 1.41. The lowest BCUT2D eigenvalue weighted by molar-refractivity contribution is -0.125. The predicted molar refractivity (Wildman–Crippen MR) is 105 cm³/mol. The molecule has 1 amide bonds. The molecule has 3 aromatic carbocycles. The molecule has 0 spiro atoms. The predicted octanol–water partition coefficient (Wildman–Crippen LogP) is 4.37. The first-order valence-electron chi connectivity index (χ1n) is 8.91. The van der Waals surface area contributed by atoms with Crippen molar-refractivity contribution in [3.63, 3.8) is 0 Å². The minimum atomic E-state index is -0.758. The fraction of sp³-hybridized carbons (Fsp3) is 0.136. The van der Waals surface area contributed by atoms with Gasteiger partial charge < -0.3 is 23.9 Å². The molecule has 1 N–H and O–H groups in total. The Morgan fingerprint density at radius 1 is 1.00 bits per heavy atom. The summed E-state index contributed by atoms with van der Waals surface area (Å²) in [4.78, 5) is 12.8. The number of carbonyl (C=O) groups excluding carboxylic acids is 1. The number of hydrogen-bond acceptors (Lipinski definition) is 5. The molecule has 5 rings (SSSR count). The summed E-state index contributed by atoms with van der Waals surface area (Å²) in [6.07, 6.45) is -0.758. The van der Waals surface area contributed by atoms with Crippen LogP contribution in [0.4, 0.5) is 5.69 Å². The van der Waals surface area contributed by atoms with Crippen LogP contribution in [0.3, 0.4) is 0 Å². The highest BCUT2D eigenvalue weighted by molar-refractivity contribution is 6.08. The summed E-state index contributed by atoms with van der Waals surface area (Å²) in [6, 6.07) is 18.7. The van der Waals surface area contributed by atoms with E-state index in [4.69, 9.17) is 18.6 Å². The van der Waals surface area contributed by atoms with Gasteiger partial charge in [0.15, 0.2) is 11.5 Å².